The van der Waals surface area contributed by atoms with E-state index in [1.807, 2.05) is 20.8 Å². The largest absolute Gasteiger partial charge is 0.295 e. The lowest BCUT2D eigenvalue weighted by atomic mass is 10.1. The number of hydrogen-bond donors (Lipinski definition) is 1. The molecule has 0 spiro atoms. The molecule has 9 heteroatoms. The van der Waals surface area contributed by atoms with Gasteiger partial charge in [-0.05, 0) is 24.5 Å². The van der Waals surface area contributed by atoms with Gasteiger partial charge in [-0.25, -0.2) is 8.42 Å². The van der Waals surface area contributed by atoms with E-state index in [0.717, 1.165) is 11.8 Å². The van der Waals surface area contributed by atoms with E-state index in [0.29, 0.717) is 19.5 Å². The van der Waals surface area contributed by atoms with Crippen molar-refractivity contribution in [3.63, 3.8) is 0 Å². The van der Waals surface area contributed by atoms with Gasteiger partial charge in [-0.15, -0.1) is 0 Å². The van der Waals surface area contributed by atoms with Crippen LogP contribution >= 0.6 is 0 Å². The molecule has 0 aliphatic heterocycles. The molecule has 0 atom stereocenters. The van der Waals surface area contributed by atoms with Gasteiger partial charge in [0, 0.05) is 24.9 Å². The summed E-state index contributed by atoms with van der Waals surface area (Å²) in [6.07, 6.45) is 0.715. The van der Waals surface area contributed by atoms with Crippen molar-refractivity contribution in [2.45, 2.75) is 45.9 Å². The van der Waals surface area contributed by atoms with Crippen LogP contribution in [0, 0.1) is 16.0 Å². The van der Waals surface area contributed by atoms with E-state index >= 15 is 0 Å². The molecule has 0 aliphatic rings. The highest BCUT2D eigenvalue weighted by molar-refractivity contribution is 7.89. The van der Waals surface area contributed by atoms with Crippen LogP contribution in [0.15, 0.2) is 28.2 Å². The average Bonchev–Trinajstić information content (AvgIpc) is 2.55. The second-order valence-corrected chi connectivity index (χ2v) is 7.69. The number of benzene rings is 1. The van der Waals surface area contributed by atoms with Gasteiger partial charge in [-0.3, -0.25) is 15.5 Å². The molecule has 0 unspecified atom stereocenters. The van der Waals surface area contributed by atoms with Crippen molar-refractivity contribution in [1.82, 2.24) is 4.31 Å². The molecule has 140 valence electrons. The van der Waals surface area contributed by atoms with E-state index in [4.69, 9.17) is 0 Å². The molecular weight excluding hydrogens is 344 g/mol. The lowest BCUT2D eigenvalue weighted by Crippen LogP contribution is -2.30. The van der Waals surface area contributed by atoms with Gasteiger partial charge in [-0.1, -0.05) is 34.6 Å². The van der Waals surface area contributed by atoms with Crippen LogP contribution in [0.1, 0.15) is 41.0 Å². The van der Waals surface area contributed by atoms with Crippen molar-refractivity contribution in [3.8, 4) is 0 Å². The van der Waals surface area contributed by atoms with E-state index in [-0.39, 0.29) is 22.2 Å². The van der Waals surface area contributed by atoms with E-state index in [2.05, 4.69) is 10.5 Å². The Kier molecular flexibility index (Phi) is 7.50. The minimum Gasteiger partial charge on any atom is -0.272 e. The van der Waals surface area contributed by atoms with Crippen molar-refractivity contribution >= 4 is 27.1 Å². The van der Waals surface area contributed by atoms with Crippen molar-refractivity contribution < 1.29 is 13.3 Å². The maximum absolute atomic E-state index is 12.5. The molecule has 0 heterocycles. The molecule has 0 saturated carbocycles. The first-order valence-corrected chi connectivity index (χ1v) is 9.73. The van der Waals surface area contributed by atoms with Crippen LogP contribution in [0.2, 0.25) is 0 Å². The van der Waals surface area contributed by atoms with Crippen molar-refractivity contribution in [2.24, 2.45) is 11.0 Å². The topological polar surface area (TPSA) is 105 Å². The van der Waals surface area contributed by atoms with E-state index in [9.17, 15) is 18.5 Å². The number of hydrogen-bond acceptors (Lipinski definition) is 6. The van der Waals surface area contributed by atoms with Crippen LogP contribution in [0.4, 0.5) is 11.4 Å². The summed E-state index contributed by atoms with van der Waals surface area (Å²) in [5, 5.41) is 15.6. The summed E-state index contributed by atoms with van der Waals surface area (Å²) in [5.41, 5.74) is 3.41. The van der Waals surface area contributed by atoms with Crippen LogP contribution in [0.3, 0.4) is 0 Å². The molecule has 1 rings (SSSR count). The zero-order valence-electron chi connectivity index (χ0n) is 15.3. The summed E-state index contributed by atoms with van der Waals surface area (Å²) in [6.45, 7) is 9.96. The summed E-state index contributed by atoms with van der Waals surface area (Å²) in [7, 11) is -3.76. The smallest absolute Gasteiger partial charge is 0.272 e. The Balaban J connectivity index is 3.32. The van der Waals surface area contributed by atoms with Gasteiger partial charge in [0.25, 0.3) is 5.69 Å². The van der Waals surface area contributed by atoms with Crippen molar-refractivity contribution in [2.75, 3.05) is 18.5 Å². The van der Waals surface area contributed by atoms with Crippen molar-refractivity contribution in [3.05, 3.63) is 28.3 Å². The quantitative estimate of drug-likeness (QED) is 0.407. The van der Waals surface area contributed by atoms with Crippen LogP contribution in [0.25, 0.3) is 0 Å². The first-order chi connectivity index (χ1) is 11.7. The summed E-state index contributed by atoms with van der Waals surface area (Å²) >= 11 is 0. The van der Waals surface area contributed by atoms with Gasteiger partial charge >= 0.3 is 0 Å². The second-order valence-electron chi connectivity index (χ2n) is 5.75. The second kappa shape index (κ2) is 8.91. The number of hydrazone groups is 1. The summed E-state index contributed by atoms with van der Waals surface area (Å²) in [4.78, 5) is 10.7. The van der Waals surface area contributed by atoms with Crippen LogP contribution in [-0.2, 0) is 10.0 Å². The molecule has 0 aliphatic carbocycles. The fraction of sp³-hybridized carbons (Fsp3) is 0.562. The predicted octanol–water partition coefficient (Wildman–Crippen LogP) is 3.46. The third-order valence-corrected chi connectivity index (χ3v) is 5.90. The number of anilines is 1. The molecule has 25 heavy (non-hydrogen) atoms. The van der Waals surface area contributed by atoms with E-state index < -0.39 is 14.9 Å². The Hall–Kier alpha value is -2.00. The average molecular weight is 370 g/mol. The summed E-state index contributed by atoms with van der Waals surface area (Å²) in [5.74, 6) is 0.207. The number of sulfonamides is 1. The van der Waals surface area contributed by atoms with E-state index in [1.54, 1.807) is 13.8 Å². The van der Waals surface area contributed by atoms with Gasteiger partial charge in [-0.2, -0.15) is 9.41 Å². The van der Waals surface area contributed by atoms with Crippen molar-refractivity contribution in [1.29, 1.82) is 0 Å². The normalized spacial score (nSPS) is 12.7. The Morgan fingerprint density at radius 3 is 2.32 bits per heavy atom. The monoisotopic (exact) mass is 370 g/mol. The molecule has 0 radical (unpaired) electrons. The lowest BCUT2D eigenvalue weighted by Gasteiger charge is -2.18. The number of nitrogens with one attached hydrogen (secondary N) is 1. The van der Waals surface area contributed by atoms with Gasteiger partial charge in [0.05, 0.1) is 9.82 Å². The van der Waals surface area contributed by atoms with Crippen LogP contribution in [0.5, 0.6) is 0 Å². The molecule has 0 amide bonds. The SMILES string of the molecule is CC/C(=N/Nc1ccc(S(=O)(=O)N(CC)CC)cc1[N+](=O)[O-])C(C)C. The number of nitrogens with zero attached hydrogens (tertiary/aromatic N) is 3. The molecule has 0 saturated heterocycles. The molecule has 0 aromatic heterocycles. The third-order valence-electron chi connectivity index (χ3n) is 3.86. The maximum Gasteiger partial charge on any atom is 0.295 e. The zero-order chi connectivity index (χ0) is 19.2. The van der Waals surface area contributed by atoms with Gasteiger partial charge in [0.1, 0.15) is 5.69 Å². The number of nitro benzene ring substituents is 1. The Labute approximate surface area is 149 Å². The molecule has 1 N–H and O–H groups in total. The maximum atomic E-state index is 12.5. The Morgan fingerprint density at radius 2 is 1.88 bits per heavy atom. The number of rotatable bonds is 9. The predicted molar refractivity (Wildman–Crippen MR) is 99.4 cm³/mol. The highest BCUT2D eigenvalue weighted by Crippen LogP contribution is 2.29. The standard InChI is InChI=1S/C16H26N4O4S/c1-6-14(12(4)5)17-18-15-10-9-13(11-16(15)20(21)22)25(23,24)19(7-2)8-3/h9-12,18H,6-8H2,1-5H3/b17-14-. The molecule has 0 fully saturated rings. The molecule has 1 aromatic rings. The van der Waals surface area contributed by atoms with Gasteiger partial charge in [0.15, 0.2) is 0 Å². The third kappa shape index (κ3) is 4.99. The first-order valence-electron chi connectivity index (χ1n) is 8.29. The van der Waals surface area contributed by atoms with E-state index in [1.165, 1.54) is 16.4 Å². The highest BCUT2D eigenvalue weighted by atomic mass is 32.2. The summed E-state index contributed by atoms with van der Waals surface area (Å²) < 4.78 is 26.3. The molecular formula is C16H26N4O4S. The fourth-order valence-corrected chi connectivity index (χ4v) is 3.86. The molecule has 0 bridgehead atoms. The van der Waals surface area contributed by atoms with Crippen LogP contribution in [-0.4, -0.2) is 36.4 Å². The molecule has 8 nitrogen and oxygen atoms in total. The van der Waals surface area contributed by atoms with Gasteiger partial charge < -0.3 is 0 Å². The highest BCUT2D eigenvalue weighted by Gasteiger charge is 2.25. The van der Waals surface area contributed by atoms with Crippen LogP contribution < -0.4 is 5.43 Å². The van der Waals surface area contributed by atoms with Gasteiger partial charge in [0.2, 0.25) is 10.0 Å². The number of nitro groups is 1. The minimum atomic E-state index is -3.76. The Bertz CT molecular complexity index is 741. The Morgan fingerprint density at radius 1 is 1.28 bits per heavy atom. The summed E-state index contributed by atoms with van der Waals surface area (Å²) in [6, 6.07) is 3.82. The zero-order valence-corrected chi connectivity index (χ0v) is 16.1. The lowest BCUT2D eigenvalue weighted by molar-refractivity contribution is -0.384. The molecule has 1 aromatic carbocycles. The first kappa shape index (κ1) is 21.0. The minimum absolute atomic E-state index is 0.1000. The fourth-order valence-electron chi connectivity index (χ4n) is 2.38.